The third kappa shape index (κ3) is 5.64. The minimum atomic E-state index is -3.65. The van der Waals surface area contributed by atoms with Gasteiger partial charge in [0.25, 0.3) is 0 Å². The van der Waals surface area contributed by atoms with Crippen molar-refractivity contribution in [1.29, 1.82) is 0 Å². The van der Waals surface area contributed by atoms with Gasteiger partial charge in [-0.25, -0.2) is 8.42 Å². The van der Waals surface area contributed by atoms with Gasteiger partial charge in [0.05, 0.1) is 19.1 Å². The third-order valence-corrected chi connectivity index (χ3v) is 6.19. The molecule has 1 heterocycles. The molecule has 0 saturated carbocycles. The molecule has 0 atom stereocenters. The highest BCUT2D eigenvalue weighted by Crippen LogP contribution is 2.23. The normalized spacial score (nSPS) is 15.0. The molecule has 1 aliphatic rings. The fraction of sp³-hybridized carbons (Fsp3) is 0.381. The van der Waals surface area contributed by atoms with Crippen molar-refractivity contribution in [2.45, 2.75) is 0 Å². The van der Waals surface area contributed by atoms with Gasteiger partial charge < -0.3 is 19.9 Å². The number of hydrogen-bond acceptors (Lipinski definition) is 6. The Morgan fingerprint density at radius 1 is 1.10 bits per heavy atom. The predicted molar refractivity (Wildman–Crippen MR) is 120 cm³/mol. The minimum absolute atomic E-state index is 0.327. The van der Waals surface area contributed by atoms with Gasteiger partial charge in [-0.15, -0.1) is 0 Å². The Morgan fingerprint density at radius 3 is 2.37 bits per heavy atom. The zero-order valence-electron chi connectivity index (χ0n) is 17.5. The molecule has 0 spiro atoms. The highest BCUT2D eigenvalue weighted by molar-refractivity contribution is 7.92. The number of likely N-dealkylation sites (N-methyl/N-ethyl adjacent to an activating group) is 1. The molecular formula is C21H28N4O4S. The van der Waals surface area contributed by atoms with E-state index in [9.17, 15) is 13.2 Å². The molecule has 0 radical (unpaired) electrons. The van der Waals surface area contributed by atoms with Gasteiger partial charge in [-0.3, -0.25) is 9.10 Å². The van der Waals surface area contributed by atoms with E-state index in [4.69, 9.17) is 4.74 Å². The summed E-state index contributed by atoms with van der Waals surface area (Å²) < 4.78 is 30.7. The van der Waals surface area contributed by atoms with Gasteiger partial charge in [-0.1, -0.05) is 6.07 Å². The first-order valence-electron chi connectivity index (χ1n) is 9.71. The Morgan fingerprint density at radius 2 is 1.77 bits per heavy atom. The lowest BCUT2D eigenvalue weighted by atomic mass is 10.2. The largest absolute Gasteiger partial charge is 0.497 e. The zero-order valence-corrected chi connectivity index (χ0v) is 18.4. The molecule has 162 valence electrons. The number of sulfonamides is 1. The number of nitrogens with zero attached hydrogens (tertiary/aromatic N) is 3. The molecule has 1 amide bonds. The standard InChI is InChI=1S/C21H28N4O4S/c1-23-11-13-24(14-12-23)18-9-7-17(8-10-18)22-21(26)16-25(30(3,27)28)19-5-4-6-20(15-19)29-2/h4-10,15H,11-14,16H2,1-3H3,(H,22,26). The number of carbonyl (C=O) groups is 1. The van der Waals surface area contributed by atoms with Crippen LogP contribution in [0.1, 0.15) is 0 Å². The van der Waals surface area contributed by atoms with Crippen LogP contribution in [0.3, 0.4) is 0 Å². The van der Waals surface area contributed by atoms with Crippen LogP contribution in [0.5, 0.6) is 5.75 Å². The van der Waals surface area contributed by atoms with E-state index in [-0.39, 0.29) is 6.54 Å². The highest BCUT2D eigenvalue weighted by Gasteiger charge is 2.21. The molecule has 1 fully saturated rings. The molecule has 3 rings (SSSR count). The molecule has 2 aromatic rings. The molecule has 1 aliphatic heterocycles. The summed E-state index contributed by atoms with van der Waals surface area (Å²) in [7, 11) is -0.0350. The van der Waals surface area contributed by atoms with Crippen molar-refractivity contribution < 1.29 is 17.9 Å². The zero-order chi connectivity index (χ0) is 21.7. The Labute approximate surface area is 178 Å². The molecule has 30 heavy (non-hydrogen) atoms. The van der Waals surface area contributed by atoms with Crippen LogP contribution in [0.2, 0.25) is 0 Å². The van der Waals surface area contributed by atoms with Crippen LogP contribution in [0, 0.1) is 0 Å². The number of ether oxygens (including phenoxy) is 1. The molecular weight excluding hydrogens is 404 g/mol. The number of hydrogen-bond donors (Lipinski definition) is 1. The number of piperazine rings is 1. The fourth-order valence-corrected chi connectivity index (χ4v) is 4.17. The molecule has 1 N–H and O–H groups in total. The van der Waals surface area contributed by atoms with Crippen molar-refractivity contribution in [2.75, 3.05) is 67.7 Å². The number of amides is 1. The summed E-state index contributed by atoms with van der Waals surface area (Å²) in [5.41, 5.74) is 2.10. The summed E-state index contributed by atoms with van der Waals surface area (Å²) in [4.78, 5) is 17.2. The van der Waals surface area contributed by atoms with Gasteiger partial charge in [0.2, 0.25) is 15.9 Å². The number of carbonyl (C=O) groups excluding carboxylic acids is 1. The van der Waals surface area contributed by atoms with Gasteiger partial charge >= 0.3 is 0 Å². The Balaban J connectivity index is 1.66. The Hall–Kier alpha value is -2.78. The molecule has 0 aliphatic carbocycles. The second-order valence-corrected chi connectivity index (χ2v) is 9.26. The van der Waals surface area contributed by atoms with Crippen molar-refractivity contribution in [3.8, 4) is 5.75 Å². The number of methoxy groups -OCH3 is 1. The average molecular weight is 433 g/mol. The number of benzene rings is 2. The van der Waals surface area contributed by atoms with Gasteiger partial charge in [0, 0.05) is 43.6 Å². The van der Waals surface area contributed by atoms with Crippen molar-refractivity contribution in [2.24, 2.45) is 0 Å². The second kappa shape index (κ2) is 9.36. The molecule has 0 unspecified atom stereocenters. The third-order valence-electron chi connectivity index (χ3n) is 5.05. The van der Waals surface area contributed by atoms with E-state index in [0.717, 1.165) is 42.4 Å². The minimum Gasteiger partial charge on any atom is -0.497 e. The van der Waals surface area contributed by atoms with Crippen LogP contribution in [-0.4, -0.2) is 72.4 Å². The molecule has 8 nitrogen and oxygen atoms in total. The summed E-state index contributed by atoms with van der Waals surface area (Å²) in [6.07, 6.45) is 1.07. The molecule has 0 bridgehead atoms. The van der Waals surface area contributed by atoms with Crippen LogP contribution < -0.4 is 19.3 Å². The van der Waals surface area contributed by atoms with Gasteiger partial charge in [-0.2, -0.15) is 0 Å². The smallest absolute Gasteiger partial charge is 0.245 e. The summed E-state index contributed by atoms with van der Waals surface area (Å²) >= 11 is 0. The number of anilines is 3. The second-order valence-electron chi connectivity index (χ2n) is 7.36. The number of rotatable bonds is 7. The summed E-state index contributed by atoms with van der Waals surface area (Å²) in [5, 5.41) is 2.78. The maximum atomic E-state index is 12.6. The van der Waals surface area contributed by atoms with E-state index in [1.165, 1.54) is 7.11 Å². The van der Waals surface area contributed by atoms with Crippen molar-refractivity contribution in [1.82, 2.24) is 4.90 Å². The Bertz CT molecular complexity index is 971. The maximum Gasteiger partial charge on any atom is 0.245 e. The molecule has 9 heteroatoms. The van der Waals surface area contributed by atoms with Crippen molar-refractivity contribution >= 4 is 33.0 Å². The molecule has 1 saturated heterocycles. The first kappa shape index (κ1) is 21.9. The lowest BCUT2D eigenvalue weighted by Crippen LogP contribution is -2.44. The quantitative estimate of drug-likeness (QED) is 0.719. The van der Waals surface area contributed by atoms with E-state index in [2.05, 4.69) is 22.2 Å². The van der Waals surface area contributed by atoms with Gasteiger partial charge in [0.1, 0.15) is 12.3 Å². The van der Waals surface area contributed by atoms with Gasteiger partial charge in [-0.05, 0) is 43.4 Å². The van der Waals surface area contributed by atoms with E-state index < -0.39 is 15.9 Å². The maximum absolute atomic E-state index is 12.6. The average Bonchev–Trinajstić information content (AvgIpc) is 2.72. The Kier molecular flexibility index (Phi) is 6.84. The highest BCUT2D eigenvalue weighted by atomic mass is 32.2. The van der Waals surface area contributed by atoms with E-state index >= 15 is 0 Å². The summed E-state index contributed by atoms with van der Waals surface area (Å²) in [6, 6.07) is 14.2. The monoisotopic (exact) mass is 432 g/mol. The van der Waals surface area contributed by atoms with Crippen LogP contribution in [0.15, 0.2) is 48.5 Å². The first-order chi connectivity index (χ1) is 14.3. The number of nitrogens with one attached hydrogen (secondary N) is 1. The van der Waals surface area contributed by atoms with E-state index in [0.29, 0.717) is 17.1 Å². The van der Waals surface area contributed by atoms with Crippen LogP contribution in [0.25, 0.3) is 0 Å². The molecule has 2 aromatic carbocycles. The van der Waals surface area contributed by atoms with Crippen LogP contribution in [-0.2, 0) is 14.8 Å². The first-order valence-corrected chi connectivity index (χ1v) is 11.6. The van der Waals surface area contributed by atoms with E-state index in [1.807, 2.05) is 24.3 Å². The van der Waals surface area contributed by atoms with Gasteiger partial charge in [0.15, 0.2) is 0 Å². The van der Waals surface area contributed by atoms with Crippen molar-refractivity contribution in [3.63, 3.8) is 0 Å². The lowest BCUT2D eigenvalue weighted by Gasteiger charge is -2.34. The van der Waals surface area contributed by atoms with E-state index in [1.54, 1.807) is 24.3 Å². The molecule has 0 aromatic heterocycles. The fourth-order valence-electron chi connectivity index (χ4n) is 3.32. The van der Waals surface area contributed by atoms with Crippen molar-refractivity contribution in [3.05, 3.63) is 48.5 Å². The van der Waals surface area contributed by atoms with Crippen LogP contribution >= 0.6 is 0 Å². The summed E-state index contributed by atoms with van der Waals surface area (Å²) in [5.74, 6) is 0.0941. The SMILES string of the molecule is COc1cccc(N(CC(=O)Nc2ccc(N3CCN(C)CC3)cc2)S(C)(=O)=O)c1. The van der Waals surface area contributed by atoms with Crippen LogP contribution in [0.4, 0.5) is 17.1 Å². The predicted octanol–water partition coefficient (Wildman–Crippen LogP) is 1.85. The summed E-state index contributed by atoms with van der Waals surface area (Å²) in [6.45, 7) is 3.64. The lowest BCUT2D eigenvalue weighted by molar-refractivity contribution is -0.114. The topological polar surface area (TPSA) is 82.2 Å².